The molecular formula is C7H8F4N2S. The van der Waals surface area contributed by atoms with Crippen LogP contribution in [0.15, 0.2) is 5.38 Å². The van der Waals surface area contributed by atoms with Crippen molar-refractivity contribution in [1.82, 2.24) is 4.98 Å². The fourth-order valence-corrected chi connectivity index (χ4v) is 1.55. The van der Waals surface area contributed by atoms with Gasteiger partial charge < -0.3 is 5.32 Å². The van der Waals surface area contributed by atoms with Crippen LogP contribution in [0.2, 0.25) is 0 Å². The third kappa shape index (κ3) is 2.83. The van der Waals surface area contributed by atoms with Crippen molar-refractivity contribution in [3.63, 3.8) is 0 Å². The molecule has 7 heteroatoms. The van der Waals surface area contributed by atoms with Crippen molar-refractivity contribution in [3.8, 4) is 0 Å². The predicted molar refractivity (Wildman–Crippen MR) is 46.2 cm³/mol. The van der Waals surface area contributed by atoms with Gasteiger partial charge >= 0.3 is 6.18 Å². The highest BCUT2D eigenvalue weighted by Gasteiger charge is 2.33. The summed E-state index contributed by atoms with van der Waals surface area (Å²) in [5.74, 6) is 0. The van der Waals surface area contributed by atoms with E-state index in [1.807, 2.05) is 0 Å². The Kier molecular flexibility index (Phi) is 3.30. The summed E-state index contributed by atoms with van der Waals surface area (Å²) in [7, 11) is 0. The molecule has 0 aromatic carbocycles. The third-order valence-corrected chi connectivity index (χ3v) is 2.17. The minimum absolute atomic E-state index is 0.0856. The number of hydrogen-bond donors (Lipinski definition) is 1. The topological polar surface area (TPSA) is 24.9 Å². The Balaban J connectivity index is 2.69. The summed E-state index contributed by atoms with van der Waals surface area (Å²) in [5.41, 5.74) is -0.948. The van der Waals surface area contributed by atoms with E-state index in [9.17, 15) is 17.6 Å². The molecule has 1 aromatic heterocycles. The first-order valence-electron chi connectivity index (χ1n) is 3.78. The zero-order chi connectivity index (χ0) is 10.8. The van der Waals surface area contributed by atoms with E-state index < -0.39 is 24.6 Å². The van der Waals surface area contributed by atoms with E-state index in [2.05, 4.69) is 10.3 Å². The lowest BCUT2D eigenvalue weighted by atomic mass is 10.4. The van der Waals surface area contributed by atoms with Crippen LogP contribution in [-0.4, -0.2) is 17.7 Å². The van der Waals surface area contributed by atoms with Gasteiger partial charge in [0.05, 0.1) is 6.04 Å². The summed E-state index contributed by atoms with van der Waals surface area (Å²) in [6.45, 7) is 0.871. The molecule has 0 aliphatic heterocycles. The maximum absolute atomic E-state index is 12.1. The van der Waals surface area contributed by atoms with Gasteiger partial charge in [-0.2, -0.15) is 13.2 Å². The predicted octanol–water partition coefficient (Wildman–Crippen LogP) is 2.93. The fraction of sp³-hybridized carbons (Fsp3) is 0.571. The van der Waals surface area contributed by atoms with Gasteiger partial charge in [0.2, 0.25) is 0 Å². The van der Waals surface area contributed by atoms with Crippen LogP contribution in [0.4, 0.5) is 22.7 Å². The van der Waals surface area contributed by atoms with Gasteiger partial charge in [-0.25, -0.2) is 9.37 Å². The molecule has 80 valence electrons. The molecule has 0 radical (unpaired) electrons. The highest BCUT2D eigenvalue weighted by Crippen LogP contribution is 2.31. The van der Waals surface area contributed by atoms with Crippen LogP contribution >= 0.6 is 11.3 Å². The Morgan fingerprint density at radius 3 is 2.64 bits per heavy atom. The van der Waals surface area contributed by atoms with Crippen molar-refractivity contribution in [2.75, 3.05) is 12.0 Å². The van der Waals surface area contributed by atoms with Crippen LogP contribution in [0.25, 0.3) is 0 Å². The molecule has 0 saturated heterocycles. The number of thiazole rings is 1. The smallest absolute Gasteiger partial charge is 0.356 e. The van der Waals surface area contributed by atoms with E-state index in [-0.39, 0.29) is 5.13 Å². The lowest BCUT2D eigenvalue weighted by molar-refractivity contribution is -0.140. The van der Waals surface area contributed by atoms with E-state index in [1.165, 1.54) is 6.92 Å². The minimum atomic E-state index is -4.44. The van der Waals surface area contributed by atoms with Crippen LogP contribution < -0.4 is 5.32 Å². The Morgan fingerprint density at radius 2 is 2.21 bits per heavy atom. The molecule has 0 aliphatic carbocycles. The maximum atomic E-state index is 12.1. The normalized spacial score (nSPS) is 14.1. The molecule has 0 bridgehead atoms. The molecule has 1 N–H and O–H groups in total. The molecule has 2 nitrogen and oxygen atoms in total. The number of rotatable bonds is 3. The fourth-order valence-electron chi connectivity index (χ4n) is 0.720. The first-order valence-corrected chi connectivity index (χ1v) is 4.66. The Labute approximate surface area is 82.0 Å². The molecule has 1 rings (SSSR count). The van der Waals surface area contributed by atoms with Gasteiger partial charge in [-0.3, -0.25) is 0 Å². The van der Waals surface area contributed by atoms with Gasteiger partial charge in [0.25, 0.3) is 0 Å². The molecular weight excluding hydrogens is 220 g/mol. The lowest BCUT2D eigenvalue weighted by Gasteiger charge is -2.07. The van der Waals surface area contributed by atoms with Crippen molar-refractivity contribution < 1.29 is 17.6 Å². The van der Waals surface area contributed by atoms with E-state index >= 15 is 0 Å². The summed E-state index contributed by atoms with van der Waals surface area (Å²) in [5, 5.41) is 3.50. The number of alkyl halides is 4. The second-order valence-corrected chi connectivity index (χ2v) is 3.59. The van der Waals surface area contributed by atoms with Gasteiger partial charge in [-0.1, -0.05) is 0 Å². The molecule has 1 aromatic rings. The van der Waals surface area contributed by atoms with Crippen LogP contribution in [0.3, 0.4) is 0 Å². The molecule has 0 fully saturated rings. The molecule has 14 heavy (non-hydrogen) atoms. The number of anilines is 1. The van der Waals surface area contributed by atoms with Gasteiger partial charge in [-0.05, 0) is 6.92 Å². The number of aromatic nitrogens is 1. The number of nitrogens with one attached hydrogen (secondary N) is 1. The van der Waals surface area contributed by atoms with Crippen LogP contribution in [0.5, 0.6) is 0 Å². The zero-order valence-corrected chi connectivity index (χ0v) is 8.05. The van der Waals surface area contributed by atoms with Crippen molar-refractivity contribution in [2.24, 2.45) is 0 Å². The second kappa shape index (κ2) is 4.12. The summed E-state index contributed by atoms with van der Waals surface area (Å²) >= 11 is 0.811. The number of hydrogen-bond acceptors (Lipinski definition) is 3. The first-order chi connectivity index (χ1) is 6.43. The molecule has 0 saturated carbocycles. The average molecular weight is 228 g/mol. The molecule has 0 aliphatic rings. The van der Waals surface area contributed by atoms with Crippen molar-refractivity contribution in [2.45, 2.75) is 19.1 Å². The Morgan fingerprint density at radius 1 is 1.57 bits per heavy atom. The van der Waals surface area contributed by atoms with E-state index in [0.717, 1.165) is 16.7 Å². The SMILES string of the molecule is CC(CF)Nc1nc(C(F)(F)F)cs1. The van der Waals surface area contributed by atoms with Gasteiger partial charge in [-0.15, -0.1) is 11.3 Å². The quantitative estimate of drug-likeness (QED) is 0.804. The molecule has 0 amide bonds. The highest BCUT2D eigenvalue weighted by atomic mass is 32.1. The molecule has 0 spiro atoms. The minimum Gasteiger partial charge on any atom is -0.356 e. The third-order valence-electron chi connectivity index (χ3n) is 1.40. The Hall–Kier alpha value is -0.850. The van der Waals surface area contributed by atoms with E-state index in [1.54, 1.807) is 0 Å². The summed E-state index contributed by atoms with van der Waals surface area (Å²) in [6.07, 6.45) is -4.44. The molecule has 1 atom stereocenters. The lowest BCUT2D eigenvalue weighted by Crippen LogP contribution is -2.17. The van der Waals surface area contributed by atoms with Crippen molar-refractivity contribution in [1.29, 1.82) is 0 Å². The van der Waals surface area contributed by atoms with Gasteiger partial charge in [0.15, 0.2) is 10.8 Å². The van der Waals surface area contributed by atoms with Gasteiger partial charge in [0, 0.05) is 5.38 Å². The van der Waals surface area contributed by atoms with Crippen LogP contribution in [-0.2, 0) is 6.18 Å². The summed E-state index contributed by atoms with van der Waals surface area (Å²) < 4.78 is 48.2. The Bertz CT molecular complexity index is 296. The van der Waals surface area contributed by atoms with Crippen molar-refractivity contribution in [3.05, 3.63) is 11.1 Å². The first kappa shape index (κ1) is 11.2. The van der Waals surface area contributed by atoms with E-state index in [4.69, 9.17) is 0 Å². The van der Waals surface area contributed by atoms with Crippen LogP contribution in [0.1, 0.15) is 12.6 Å². The monoisotopic (exact) mass is 228 g/mol. The number of nitrogens with zero attached hydrogens (tertiary/aromatic N) is 1. The molecule has 1 heterocycles. The molecule has 1 unspecified atom stereocenters. The van der Waals surface area contributed by atoms with E-state index in [0.29, 0.717) is 0 Å². The zero-order valence-electron chi connectivity index (χ0n) is 7.23. The van der Waals surface area contributed by atoms with Crippen molar-refractivity contribution >= 4 is 16.5 Å². The largest absolute Gasteiger partial charge is 0.434 e. The second-order valence-electron chi connectivity index (χ2n) is 2.74. The summed E-state index contributed by atoms with van der Waals surface area (Å²) in [6, 6.07) is -0.526. The maximum Gasteiger partial charge on any atom is 0.434 e. The standard InChI is InChI=1S/C7H8F4N2S/c1-4(2-8)12-6-13-5(3-14-6)7(9,10)11/h3-4H,2H2,1H3,(H,12,13). The summed E-state index contributed by atoms with van der Waals surface area (Å²) in [4.78, 5) is 3.29. The average Bonchev–Trinajstić information content (AvgIpc) is 2.51. The number of halogens is 4. The van der Waals surface area contributed by atoms with Gasteiger partial charge in [0.1, 0.15) is 6.67 Å². The van der Waals surface area contributed by atoms with Crippen LogP contribution in [0, 0.1) is 0 Å². The highest BCUT2D eigenvalue weighted by molar-refractivity contribution is 7.13.